The summed E-state index contributed by atoms with van der Waals surface area (Å²) in [6.07, 6.45) is 5.29. The molecule has 3 rings (SSSR count). The van der Waals surface area contributed by atoms with E-state index in [9.17, 15) is 9.18 Å². The predicted octanol–water partition coefficient (Wildman–Crippen LogP) is 2.60. The van der Waals surface area contributed by atoms with E-state index in [0.717, 1.165) is 11.3 Å². The molecular weight excluding hydrogens is 333 g/mol. The summed E-state index contributed by atoms with van der Waals surface area (Å²) in [5.41, 5.74) is 2.21. The van der Waals surface area contributed by atoms with Crippen LogP contribution in [0.5, 0.6) is 0 Å². The Morgan fingerprint density at radius 1 is 1.00 bits per heavy atom. The van der Waals surface area contributed by atoms with Gasteiger partial charge >= 0.3 is 0 Å². The fourth-order valence-corrected chi connectivity index (χ4v) is 2.28. The second kappa shape index (κ2) is 8.66. The van der Waals surface area contributed by atoms with Crippen LogP contribution in [0.1, 0.15) is 21.6 Å². The number of hydrogen-bond donors (Lipinski definition) is 2. The largest absolute Gasteiger partial charge is 0.352 e. The first-order valence-electron chi connectivity index (χ1n) is 8.19. The van der Waals surface area contributed by atoms with Crippen molar-refractivity contribution in [2.45, 2.75) is 13.0 Å². The molecule has 0 bridgehead atoms. The van der Waals surface area contributed by atoms with Gasteiger partial charge in [0.1, 0.15) is 5.82 Å². The number of aromatic nitrogens is 3. The van der Waals surface area contributed by atoms with Gasteiger partial charge < -0.3 is 10.6 Å². The molecule has 0 fully saturated rings. The molecular formula is C19H18FN5O. The summed E-state index contributed by atoms with van der Waals surface area (Å²) >= 11 is 0. The molecule has 7 heteroatoms. The van der Waals surface area contributed by atoms with Crippen molar-refractivity contribution in [3.05, 3.63) is 83.7 Å². The van der Waals surface area contributed by atoms with E-state index < -0.39 is 0 Å². The summed E-state index contributed by atoms with van der Waals surface area (Å²) in [6.45, 7) is 0.953. The zero-order valence-corrected chi connectivity index (χ0v) is 14.0. The van der Waals surface area contributed by atoms with Crippen molar-refractivity contribution in [1.82, 2.24) is 20.3 Å². The summed E-state index contributed by atoms with van der Waals surface area (Å²) in [5, 5.41) is 5.85. The highest BCUT2D eigenvalue weighted by Gasteiger charge is 2.07. The first-order chi connectivity index (χ1) is 12.7. The van der Waals surface area contributed by atoms with Gasteiger partial charge in [0.2, 0.25) is 5.95 Å². The molecule has 2 N–H and O–H groups in total. The lowest BCUT2D eigenvalue weighted by Gasteiger charge is -2.07. The number of anilines is 1. The third-order valence-corrected chi connectivity index (χ3v) is 3.68. The molecule has 0 saturated heterocycles. The molecule has 0 aliphatic carbocycles. The standard InChI is InChI=1S/C19H18FN5O/c20-16-6-4-14(5-7-16)8-10-22-18(26)15-11-23-19(24-12-15)25-13-17-3-1-2-9-21-17/h1-7,9,11-12H,8,10,13H2,(H,22,26)(H,23,24,25). The minimum absolute atomic E-state index is 0.247. The first-order valence-corrected chi connectivity index (χ1v) is 8.19. The second-order valence-corrected chi connectivity index (χ2v) is 5.60. The van der Waals surface area contributed by atoms with E-state index in [2.05, 4.69) is 25.6 Å². The maximum Gasteiger partial charge on any atom is 0.254 e. The van der Waals surface area contributed by atoms with Crippen molar-refractivity contribution < 1.29 is 9.18 Å². The van der Waals surface area contributed by atoms with Gasteiger partial charge in [-0.05, 0) is 36.2 Å². The van der Waals surface area contributed by atoms with E-state index in [1.165, 1.54) is 24.5 Å². The molecule has 2 aromatic heterocycles. The van der Waals surface area contributed by atoms with Crippen molar-refractivity contribution in [2.75, 3.05) is 11.9 Å². The van der Waals surface area contributed by atoms with E-state index in [-0.39, 0.29) is 11.7 Å². The molecule has 0 unspecified atom stereocenters. The Bertz CT molecular complexity index is 838. The van der Waals surface area contributed by atoms with Crippen molar-refractivity contribution in [1.29, 1.82) is 0 Å². The number of carbonyl (C=O) groups is 1. The smallest absolute Gasteiger partial charge is 0.254 e. The Kier molecular flexibility index (Phi) is 5.82. The van der Waals surface area contributed by atoms with Crippen LogP contribution in [-0.4, -0.2) is 27.4 Å². The van der Waals surface area contributed by atoms with Gasteiger partial charge in [0.15, 0.2) is 0 Å². The van der Waals surface area contributed by atoms with Crippen molar-refractivity contribution in [3.63, 3.8) is 0 Å². The van der Waals surface area contributed by atoms with Gasteiger partial charge in [-0.1, -0.05) is 18.2 Å². The number of benzene rings is 1. The van der Waals surface area contributed by atoms with Gasteiger partial charge in [-0.3, -0.25) is 9.78 Å². The number of nitrogens with zero attached hydrogens (tertiary/aromatic N) is 3. The van der Waals surface area contributed by atoms with Gasteiger partial charge in [0.25, 0.3) is 5.91 Å². The summed E-state index contributed by atoms with van der Waals surface area (Å²) in [6, 6.07) is 11.9. The van der Waals surface area contributed by atoms with Crippen LogP contribution in [0, 0.1) is 5.82 Å². The van der Waals surface area contributed by atoms with E-state index in [4.69, 9.17) is 0 Å². The molecule has 0 spiro atoms. The number of hydrogen-bond acceptors (Lipinski definition) is 5. The van der Waals surface area contributed by atoms with Gasteiger partial charge in [-0.25, -0.2) is 14.4 Å². The van der Waals surface area contributed by atoms with Crippen LogP contribution >= 0.6 is 0 Å². The zero-order chi connectivity index (χ0) is 18.2. The Morgan fingerprint density at radius 3 is 2.46 bits per heavy atom. The minimum atomic E-state index is -0.272. The molecule has 0 aliphatic rings. The molecule has 1 amide bonds. The molecule has 26 heavy (non-hydrogen) atoms. The lowest BCUT2D eigenvalue weighted by Crippen LogP contribution is -2.26. The molecule has 0 saturated carbocycles. The Morgan fingerprint density at radius 2 is 1.77 bits per heavy atom. The first kappa shape index (κ1) is 17.5. The van der Waals surface area contributed by atoms with E-state index >= 15 is 0 Å². The van der Waals surface area contributed by atoms with E-state index in [1.54, 1.807) is 18.3 Å². The van der Waals surface area contributed by atoms with Crippen LogP contribution < -0.4 is 10.6 Å². The highest BCUT2D eigenvalue weighted by Crippen LogP contribution is 2.05. The molecule has 0 radical (unpaired) electrons. The second-order valence-electron chi connectivity index (χ2n) is 5.60. The summed E-state index contributed by atoms with van der Waals surface area (Å²) in [4.78, 5) is 24.6. The fraction of sp³-hybridized carbons (Fsp3) is 0.158. The number of halogens is 1. The molecule has 6 nitrogen and oxygen atoms in total. The average Bonchev–Trinajstić information content (AvgIpc) is 2.69. The van der Waals surface area contributed by atoms with Crippen molar-refractivity contribution in [2.24, 2.45) is 0 Å². The molecule has 2 heterocycles. The van der Waals surface area contributed by atoms with Crippen molar-refractivity contribution in [3.8, 4) is 0 Å². The summed E-state index contributed by atoms with van der Waals surface area (Å²) in [5.74, 6) is -0.0893. The van der Waals surface area contributed by atoms with Crippen LogP contribution in [0.2, 0.25) is 0 Å². The van der Waals surface area contributed by atoms with Gasteiger partial charge in [-0.2, -0.15) is 0 Å². The Labute approximate surface area is 150 Å². The third kappa shape index (κ3) is 5.07. The van der Waals surface area contributed by atoms with Gasteiger partial charge in [-0.15, -0.1) is 0 Å². The van der Waals surface area contributed by atoms with Crippen LogP contribution in [0.15, 0.2) is 61.1 Å². The highest BCUT2D eigenvalue weighted by atomic mass is 19.1. The van der Waals surface area contributed by atoms with Crippen molar-refractivity contribution >= 4 is 11.9 Å². The lowest BCUT2D eigenvalue weighted by molar-refractivity contribution is 0.0953. The minimum Gasteiger partial charge on any atom is -0.352 e. The maximum absolute atomic E-state index is 12.9. The quantitative estimate of drug-likeness (QED) is 0.684. The summed E-state index contributed by atoms with van der Waals surface area (Å²) < 4.78 is 12.9. The molecule has 132 valence electrons. The number of amides is 1. The molecule has 1 aromatic carbocycles. The highest BCUT2D eigenvalue weighted by molar-refractivity contribution is 5.93. The fourth-order valence-electron chi connectivity index (χ4n) is 2.28. The zero-order valence-electron chi connectivity index (χ0n) is 14.0. The number of rotatable bonds is 7. The van der Waals surface area contributed by atoms with E-state index in [0.29, 0.717) is 31.0 Å². The predicted molar refractivity (Wildman–Crippen MR) is 96.0 cm³/mol. The normalized spacial score (nSPS) is 10.3. The van der Waals surface area contributed by atoms with Crippen LogP contribution in [-0.2, 0) is 13.0 Å². The number of carbonyl (C=O) groups excluding carboxylic acids is 1. The molecule has 0 atom stereocenters. The van der Waals surface area contributed by atoms with Crippen LogP contribution in [0.4, 0.5) is 10.3 Å². The Balaban J connectivity index is 1.46. The van der Waals surface area contributed by atoms with Crippen LogP contribution in [0.25, 0.3) is 0 Å². The monoisotopic (exact) mass is 351 g/mol. The molecule has 3 aromatic rings. The average molecular weight is 351 g/mol. The maximum atomic E-state index is 12.9. The van der Waals surface area contributed by atoms with E-state index in [1.807, 2.05) is 18.2 Å². The summed E-state index contributed by atoms with van der Waals surface area (Å²) in [7, 11) is 0. The molecule has 0 aliphatic heterocycles. The SMILES string of the molecule is O=C(NCCc1ccc(F)cc1)c1cnc(NCc2ccccn2)nc1. The number of nitrogens with one attached hydrogen (secondary N) is 2. The lowest BCUT2D eigenvalue weighted by atomic mass is 10.1. The topological polar surface area (TPSA) is 79.8 Å². The number of pyridine rings is 1. The Hall–Kier alpha value is -3.35. The third-order valence-electron chi connectivity index (χ3n) is 3.68. The van der Waals surface area contributed by atoms with Crippen LogP contribution in [0.3, 0.4) is 0 Å². The van der Waals surface area contributed by atoms with Gasteiger partial charge in [0.05, 0.1) is 17.8 Å². The van der Waals surface area contributed by atoms with Gasteiger partial charge in [0, 0.05) is 25.1 Å².